The molecule has 0 bridgehead atoms. The van der Waals surface area contributed by atoms with Gasteiger partial charge in [0.2, 0.25) is 0 Å². The molecule has 0 spiro atoms. The number of aliphatic hydroxyl groups excluding tert-OH is 1. The van der Waals surface area contributed by atoms with E-state index in [0.717, 1.165) is 5.56 Å². The van der Waals surface area contributed by atoms with E-state index in [0.29, 0.717) is 18.6 Å². The van der Waals surface area contributed by atoms with Crippen molar-refractivity contribution in [3.8, 4) is 5.75 Å². The highest BCUT2D eigenvalue weighted by Gasteiger charge is 2.11. The van der Waals surface area contributed by atoms with Gasteiger partial charge in [-0.05, 0) is 25.8 Å². The Hall–Kier alpha value is -1.62. The molecule has 1 rings (SSSR count). The molecule has 0 amide bonds. The Morgan fingerprint density at radius 2 is 2.25 bits per heavy atom. The maximum absolute atomic E-state index is 10.6. The number of hydrogen-bond acceptors (Lipinski definition) is 4. The topological polar surface area (TPSA) is 72.6 Å². The Bertz CT molecular complexity index is 376. The molecule has 1 N–H and O–H groups in total. The third-order valence-corrected chi connectivity index (χ3v) is 2.31. The lowest BCUT2D eigenvalue weighted by Gasteiger charge is -2.09. The summed E-state index contributed by atoms with van der Waals surface area (Å²) in [6.07, 6.45) is 0.684. The minimum atomic E-state index is -0.439. The normalized spacial score (nSPS) is 12.2. The molecule has 16 heavy (non-hydrogen) atoms. The van der Waals surface area contributed by atoms with E-state index in [4.69, 9.17) is 4.74 Å². The van der Waals surface area contributed by atoms with Crippen molar-refractivity contribution in [2.75, 3.05) is 7.11 Å². The monoisotopic (exact) mass is 225 g/mol. The zero-order valence-electron chi connectivity index (χ0n) is 9.34. The lowest BCUT2D eigenvalue weighted by atomic mass is 10.1. The van der Waals surface area contributed by atoms with E-state index in [2.05, 4.69) is 0 Å². The first kappa shape index (κ1) is 12.4. The average Bonchev–Trinajstić information content (AvgIpc) is 2.25. The van der Waals surface area contributed by atoms with Crippen molar-refractivity contribution >= 4 is 5.69 Å². The van der Waals surface area contributed by atoms with Gasteiger partial charge in [0.1, 0.15) is 5.75 Å². The molecule has 0 aromatic heterocycles. The van der Waals surface area contributed by atoms with Crippen LogP contribution in [0.5, 0.6) is 5.75 Å². The quantitative estimate of drug-likeness (QED) is 0.613. The molecule has 5 heteroatoms. The fourth-order valence-electron chi connectivity index (χ4n) is 1.44. The average molecular weight is 225 g/mol. The van der Waals surface area contributed by atoms with Gasteiger partial charge in [-0.2, -0.15) is 0 Å². The smallest absolute Gasteiger partial charge is 0.269 e. The van der Waals surface area contributed by atoms with Crippen molar-refractivity contribution in [1.29, 1.82) is 0 Å². The van der Waals surface area contributed by atoms with Crippen LogP contribution < -0.4 is 4.74 Å². The van der Waals surface area contributed by atoms with Gasteiger partial charge in [-0.25, -0.2) is 0 Å². The van der Waals surface area contributed by atoms with Crippen molar-refractivity contribution < 1.29 is 14.8 Å². The summed E-state index contributed by atoms with van der Waals surface area (Å²) >= 11 is 0. The van der Waals surface area contributed by atoms with Gasteiger partial charge >= 0.3 is 0 Å². The van der Waals surface area contributed by atoms with E-state index in [1.54, 1.807) is 13.0 Å². The third kappa shape index (κ3) is 3.20. The highest BCUT2D eigenvalue weighted by Crippen LogP contribution is 2.25. The summed E-state index contributed by atoms with van der Waals surface area (Å²) in [6, 6.07) is 4.47. The highest BCUT2D eigenvalue weighted by molar-refractivity contribution is 5.43. The Balaban J connectivity index is 2.93. The van der Waals surface area contributed by atoms with Crippen LogP contribution in [0.15, 0.2) is 18.2 Å². The fraction of sp³-hybridized carbons (Fsp3) is 0.455. The van der Waals surface area contributed by atoms with E-state index in [9.17, 15) is 15.2 Å². The van der Waals surface area contributed by atoms with Crippen LogP contribution >= 0.6 is 0 Å². The van der Waals surface area contributed by atoms with Crippen molar-refractivity contribution in [3.05, 3.63) is 33.9 Å². The summed E-state index contributed by atoms with van der Waals surface area (Å²) in [4.78, 5) is 10.2. The van der Waals surface area contributed by atoms with Gasteiger partial charge in [0.15, 0.2) is 0 Å². The largest absolute Gasteiger partial charge is 0.496 e. The lowest BCUT2D eigenvalue weighted by Crippen LogP contribution is -2.03. The first-order valence-electron chi connectivity index (χ1n) is 5.04. The molecule has 0 saturated carbocycles. The van der Waals surface area contributed by atoms with Crippen LogP contribution in [0.4, 0.5) is 5.69 Å². The summed E-state index contributed by atoms with van der Waals surface area (Å²) in [5.41, 5.74) is 0.791. The molecule has 5 nitrogen and oxygen atoms in total. The number of hydrogen-bond donors (Lipinski definition) is 1. The Morgan fingerprint density at radius 1 is 1.56 bits per heavy atom. The van der Waals surface area contributed by atoms with Crippen molar-refractivity contribution in [2.24, 2.45) is 0 Å². The Morgan fingerprint density at radius 3 is 2.75 bits per heavy atom. The zero-order valence-corrected chi connectivity index (χ0v) is 9.34. The number of methoxy groups -OCH3 is 1. The molecule has 0 fully saturated rings. The van der Waals surface area contributed by atoms with Gasteiger partial charge in [0.05, 0.1) is 18.1 Å². The minimum Gasteiger partial charge on any atom is -0.496 e. The molecule has 0 aliphatic rings. The predicted molar refractivity (Wildman–Crippen MR) is 59.7 cm³/mol. The van der Waals surface area contributed by atoms with E-state index >= 15 is 0 Å². The summed E-state index contributed by atoms with van der Waals surface area (Å²) in [5, 5.41) is 19.8. The van der Waals surface area contributed by atoms with E-state index in [1.807, 2.05) is 0 Å². The summed E-state index contributed by atoms with van der Waals surface area (Å²) < 4.78 is 5.11. The van der Waals surface area contributed by atoms with Gasteiger partial charge in [-0.15, -0.1) is 0 Å². The van der Waals surface area contributed by atoms with Gasteiger partial charge in [0.25, 0.3) is 5.69 Å². The van der Waals surface area contributed by atoms with Crippen molar-refractivity contribution in [3.63, 3.8) is 0 Å². The van der Waals surface area contributed by atoms with Crippen molar-refractivity contribution in [1.82, 2.24) is 0 Å². The molecule has 1 unspecified atom stereocenters. The molecule has 88 valence electrons. The number of benzene rings is 1. The van der Waals surface area contributed by atoms with E-state index in [1.165, 1.54) is 19.2 Å². The molecule has 1 aromatic rings. The Labute approximate surface area is 93.8 Å². The number of aliphatic hydroxyl groups is 1. The van der Waals surface area contributed by atoms with Gasteiger partial charge in [-0.1, -0.05) is 0 Å². The lowest BCUT2D eigenvalue weighted by molar-refractivity contribution is -0.384. The standard InChI is InChI=1S/C11H15NO4/c1-8(13)3-4-9-7-10(12(14)15)5-6-11(9)16-2/h5-8,13H,3-4H2,1-2H3. The number of ether oxygens (including phenoxy) is 1. The number of aryl methyl sites for hydroxylation is 1. The number of nitro benzene ring substituents is 1. The van der Waals surface area contributed by atoms with Crippen molar-refractivity contribution in [2.45, 2.75) is 25.9 Å². The second-order valence-electron chi connectivity index (χ2n) is 3.64. The zero-order chi connectivity index (χ0) is 12.1. The van der Waals surface area contributed by atoms with Crippen LogP contribution in [0.3, 0.4) is 0 Å². The van der Waals surface area contributed by atoms with Crippen LogP contribution in [0.2, 0.25) is 0 Å². The molecule has 0 heterocycles. The van der Waals surface area contributed by atoms with Crippen LogP contribution in [-0.2, 0) is 6.42 Å². The maximum Gasteiger partial charge on any atom is 0.269 e. The second kappa shape index (κ2) is 5.46. The fourth-order valence-corrected chi connectivity index (χ4v) is 1.44. The molecule has 0 saturated heterocycles. The first-order chi connectivity index (χ1) is 7.54. The van der Waals surface area contributed by atoms with Gasteiger partial charge in [0, 0.05) is 17.7 Å². The van der Waals surface area contributed by atoms with Gasteiger partial charge in [-0.3, -0.25) is 10.1 Å². The molecule has 1 atom stereocenters. The molecule has 0 aliphatic heterocycles. The molecule has 0 radical (unpaired) electrons. The predicted octanol–water partition coefficient (Wildman–Crippen LogP) is 1.92. The molecular weight excluding hydrogens is 210 g/mol. The SMILES string of the molecule is COc1ccc([N+](=O)[O-])cc1CCC(C)O. The molecular formula is C11H15NO4. The van der Waals surface area contributed by atoms with Gasteiger partial charge < -0.3 is 9.84 Å². The Kier molecular flexibility index (Phi) is 4.25. The highest BCUT2D eigenvalue weighted by atomic mass is 16.6. The number of non-ortho nitro benzene ring substituents is 1. The van der Waals surface area contributed by atoms with Crippen LogP contribution in [0.25, 0.3) is 0 Å². The first-order valence-corrected chi connectivity index (χ1v) is 5.04. The molecule has 0 aliphatic carbocycles. The van der Waals surface area contributed by atoms with Crippen LogP contribution in [0, 0.1) is 10.1 Å². The second-order valence-corrected chi connectivity index (χ2v) is 3.64. The van der Waals surface area contributed by atoms with Crippen LogP contribution in [0.1, 0.15) is 18.9 Å². The number of nitro groups is 1. The summed E-state index contributed by atoms with van der Waals surface area (Å²) in [5.74, 6) is 0.617. The van der Waals surface area contributed by atoms with E-state index < -0.39 is 11.0 Å². The summed E-state index contributed by atoms with van der Waals surface area (Å²) in [7, 11) is 1.52. The number of rotatable bonds is 5. The van der Waals surface area contributed by atoms with Crippen LogP contribution in [-0.4, -0.2) is 23.2 Å². The minimum absolute atomic E-state index is 0.0430. The number of nitrogens with zero attached hydrogens (tertiary/aromatic N) is 1. The van der Waals surface area contributed by atoms with E-state index in [-0.39, 0.29) is 5.69 Å². The molecule has 1 aromatic carbocycles. The summed E-state index contributed by atoms with van der Waals surface area (Å²) in [6.45, 7) is 1.68. The third-order valence-electron chi connectivity index (χ3n) is 2.31. The maximum atomic E-state index is 10.6.